The van der Waals surface area contributed by atoms with Gasteiger partial charge in [0.05, 0.1) is 12.0 Å². The second-order valence-electron chi connectivity index (χ2n) is 2.71. The van der Waals surface area contributed by atoms with Crippen LogP contribution in [0.1, 0.15) is 0 Å². The summed E-state index contributed by atoms with van der Waals surface area (Å²) in [6, 6.07) is 5.49. The third-order valence-electron chi connectivity index (χ3n) is 1.93. The fourth-order valence-electron chi connectivity index (χ4n) is 1.25. The third kappa shape index (κ3) is 1.54. The normalized spacial score (nSPS) is 13.0. The fourth-order valence-corrected chi connectivity index (χ4v) is 2.95. The first-order valence-corrected chi connectivity index (χ1v) is 5.87. The highest BCUT2D eigenvalue weighted by molar-refractivity contribution is 7.79. The summed E-state index contributed by atoms with van der Waals surface area (Å²) in [7, 11) is 1.57. The van der Waals surface area contributed by atoms with Gasteiger partial charge >= 0.3 is 0 Å². The summed E-state index contributed by atoms with van der Waals surface area (Å²) in [5.74, 6) is 0.697. The number of thiophene rings is 1. The van der Waals surface area contributed by atoms with E-state index in [0.29, 0.717) is 10.6 Å². The molecule has 0 spiro atoms. The Morgan fingerprint density at radius 3 is 2.93 bits per heavy atom. The van der Waals surface area contributed by atoms with Crippen molar-refractivity contribution in [3.8, 4) is 5.75 Å². The Labute approximate surface area is 87.6 Å². The quantitative estimate of drug-likeness (QED) is 0.803. The predicted octanol–water partition coefficient (Wildman–Crippen LogP) is 2.49. The van der Waals surface area contributed by atoms with Gasteiger partial charge in [0.2, 0.25) is 0 Å². The molecule has 0 saturated carbocycles. The van der Waals surface area contributed by atoms with Gasteiger partial charge < -0.3 is 9.29 Å². The Morgan fingerprint density at radius 1 is 1.50 bits per heavy atom. The van der Waals surface area contributed by atoms with Crippen LogP contribution < -0.4 is 4.74 Å². The summed E-state index contributed by atoms with van der Waals surface area (Å²) < 4.78 is 26.0. The summed E-state index contributed by atoms with van der Waals surface area (Å²) in [5.41, 5.74) is 0. The molecule has 0 amide bonds. The van der Waals surface area contributed by atoms with Gasteiger partial charge in [-0.25, -0.2) is 4.21 Å². The molecule has 0 radical (unpaired) electrons. The molecular formula is C9H8O3S2. The number of benzene rings is 1. The monoisotopic (exact) mass is 228 g/mol. The molecule has 0 fully saturated rings. The highest BCUT2D eigenvalue weighted by atomic mass is 32.2. The van der Waals surface area contributed by atoms with E-state index in [4.69, 9.17) is 9.29 Å². The fraction of sp³-hybridized carbons (Fsp3) is 0.111. The second kappa shape index (κ2) is 3.68. The van der Waals surface area contributed by atoms with Crippen LogP contribution in [0, 0.1) is 0 Å². The van der Waals surface area contributed by atoms with Crippen LogP contribution in [0.25, 0.3) is 10.1 Å². The molecule has 0 aliphatic heterocycles. The van der Waals surface area contributed by atoms with Crippen molar-refractivity contribution >= 4 is 32.5 Å². The zero-order valence-electron chi connectivity index (χ0n) is 7.39. The average molecular weight is 228 g/mol. The van der Waals surface area contributed by atoms with E-state index in [1.807, 2.05) is 12.1 Å². The molecule has 74 valence electrons. The minimum absolute atomic E-state index is 0.448. The predicted molar refractivity (Wildman–Crippen MR) is 57.4 cm³/mol. The first-order chi connectivity index (χ1) is 6.72. The lowest BCUT2D eigenvalue weighted by Crippen LogP contribution is -1.86. The second-order valence-corrected chi connectivity index (χ2v) is 4.56. The van der Waals surface area contributed by atoms with Crippen LogP contribution in [0.2, 0.25) is 0 Å². The van der Waals surface area contributed by atoms with E-state index in [0.717, 1.165) is 10.1 Å². The molecule has 5 heteroatoms. The van der Waals surface area contributed by atoms with E-state index in [-0.39, 0.29) is 0 Å². The van der Waals surface area contributed by atoms with Crippen molar-refractivity contribution in [2.75, 3.05) is 7.11 Å². The summed E-state index contributed by atoms with van der Waals surface area (Å²) in [5, 5.41) is 2.48. The van der Waals surface area contributed by atoms with Gasteiger partial charge in [0.15, 0.2) is 11.1 Å². The standard InChI is InChI=1S/C9H8O3S2/c1-12-6-2-3-8-7(4-6)9(5-13-8)14(10)11/h2-5H,1H3,(H,10,11). The molecule has 3 nitrogen and oxygen atoms in total. The summed E-state index contributed by atoms with van der Waals surface area (Å²) in [6.07, 6.45) is 0. The number of methoxy groups -OCH3 is 1. The SMILES string of the molecule is COc1ccc2scc(S(=O)O)c2c1. The molecule has 1 unspecified atom stereocenters. The van der Waals surface area contributed by atoms with Crippen molar-refractivity contribution in [1.29, 1.82) is 0 Å². The Hall–Kier alpha value is -0.910. The highest BCUT2D eigenvalue weighted by Crippen LogP contribution is 2.30. The van der Waals surface area contributed by atoms with Gasteiger partial charge in [-0.05, 0) is 18.2 Å². The molecule has 1 heterocycles. The Bertz CT molecular complexity index is 490. The van der Waals surface area contributed by atoms with Crippen molar-refractivity contribution in [2.24, 2.45) is 0 Å². The lowest BCUT2D eigenvalue weighted by atomic mass is 10.2. The number of rotatable bonds is 2. The Morgan fingerprint density at radius 2 is 2.29 bits per heavy atom. The van der Waals surface area contributed by atoms with Crippen LogP contribution in [-0.4, -0.2) is 15.9 Å². The Balaban J connectivity index is 2.69. The molecule has 0 saturated heterocycles. The van der Waals surface area contributed by atoms with Crippen LogP contribution in [0.15, 0.2) is 28.5 Å². The first kappa shape index (κ1) is 9.64. The van der Waals surface area contributed by atoms with Gasteiger partial charge in [0, 0.05) is 15.5 Å². The van der Waals surface area contributed by atoms with Crippen molar-refractivity contribution in [2.45, 2.75) is 4.90 Å². The molecule has 14 heavy (non-hydrogen) atoms. The van der Waals surface area contributed by atoms with Crippen molar-refractivity contribution < 1.29 is 13.5 Å². The summed E-state index contributed by atoms with van der Waals surface area (Å²) >= 11 is -0.475. The van der Waals surface area contributed by atoms with Gasteiger partial charge in [0.1, 0.15) is 5.75 Å². The smallest absolute Gasteiger partial charge is 0.188 e. The molecule has 1 aromatic carbocycles. The maximum atomic E-state index is 11.0. The van der Waals surface area contributed by atoms with Crippen molar-refractivity contribution in [3.05, 3.63) is 23.6 Å². The van der Waals surface area contributed by atoms with E-state index in [1.165, 1.54) is 11.3 Å². The van der Waals surface area contributed by atoms with Gasteiger partial charge in [0.25, 0.3) is 0 Å². The molecule has 2 rings (SSSR count). The van der Waals surface area contributed by atoms with E-state index in [9.17, 15) is 4.21 Å². The molecule has 1 aromatic heterocycles. The number of hydrogen-bond acceptors (Lipinski definition) is 3. The Kier molecular flexibility index (Phi) is 2.54. The largest absolute Gasteiger partial charge is 0.497 e. The maximum absolute atomic E-state index is 11.0. The van der Waals surface area contributed by atoms with Crippen molar-refractivity contribution in [1.82, 2.24) is 0 Å². The molecule has 1 N–H and O–H groups in total. The number of ether oxygens (including phenoxy) is 1. The molecule has 1 atom stereocenters. The number of hydrogen-bond donors (Lipinski definition) is 1. The number of fused-ring (bicyclic) bond motifs is 1. The van der Waals surface area contributed by atoms with Crippen LogP contribution in [0.5, 0.6) is 5.75 Å². The minimum Gasteiger partial charge on any atom is -0.497 e. The molecule has 0 aliphatic rings. The zero-order valence-corrected chi connectivity index (χ0v) is 9.02. The maximum Gasteiger partial charge on any atom is 0.188 e. The molecule has 0 bridgehead atoms. The third-order valence-corrected chi connectivity index (χ3v) is 3.76. The minimum atomic E-state index is -1.93. The van der Waals surface area contributed by atoms with Gasteiger partial charge in [-0.1, -0.05) is 0 Å². The van der Waals surface area contributed by atoms with E-state index < -0.39 is 11.1 Å². The van der Waals surface area contributed by atoms with E-state index in [1.54, 1.807) is 18.6 Å². The zero-order chi connectivity index (χ0) is 10.1. The van der Waals surface area contributed by atoms with Crippen LogP contribution >= 0.6 is 11.3 Å². The van der Waals surface area contributed by atoms with Crippen LogP contribution in [-0.2, 0) is 11.1 Å². The van der Waals surface area contributed by atoms with E-state index in [2.05, 4.69) is 0 Å². The van der Waals surface area contributed by atoms with Crippen LogP contribution in [0.4, 0.5) is 0 Å². The average Bonchev–Trinajstić information content (AvgIpc) is 2.59. The summed E-state index contributed by atoms with van der Waals surface area (Å²) in [4.78, 5) is 0.448. The topological polar surface area (TPSA) is 46.5 Å². The highest BCUT2D eigenvalue weighted by Gasteiger charge is 2.09. The lowest BCUT2D eigenvalue weighted by molar-refractivity contribution is 0.415. The first-order valence-electron chi connectivity index (χ1n) is 3.88. The lowest BCUT2D eigenvalue weighted by Gasteiger charge is -1.99. The van der Waals surface area contributed by atoms with Gasteiger partial charge in [-0.15, -0.1) is 11.3 Å². The van der Waals surface area contributed by atoms with Crippen molar-refractivity contribution in [3.63, 3.8) is 0 Å². The molecular weight excluding hydrogens is 220 g/mol. The molecule has 0 aliphatic carbocycles. The molecule has 2 aromatic rings. The van der Waals surface area contributed by atoms with Gasteiger partial charge in [-0.2, -0.15) is 0 Å². The van der Waals surface area contributed by atoms with Crippen LogP contribution in [0.3, 0.4) is 0 Å². The van der Waals surface area contributed by atoms with Gasteiger partial charge in [-0.3, -0.25) is 0 Å². The summed E-state index contributed by atoms with van der Waals surface area (Å²) in [6.45, 7) is 0. The van der Waals surface area contributed by atoms with E-state index >= 15 is 0 Å².